The van der Waals surface area contributed by atoms with Crippen LogP contribution in [0, 0.1) is 0 Å². The highest BCUT2D eigenvalue weighted by atomic mass is 16.5. The third-order valence-corrected chi connectivity index (χ3v) is 4.07. The highest BCUT2D eigenvalue weighted by Crippen LogP contribution is 2.22. The van der Waals surface area contributed by atoms with Crippen LogP contribution in [0.1, 0.15) is 15.9 Å². The van der Waals surface area contributed by atoms with Crippen LogP contribution in [0.2, 0.25) is 0 Å². The van der Waals surface area contributed by atoms with Gasteiger partial charge in [0.25, 0.3) is 5.91 Å². The molecule has 0 saturated heterocycles. The van der Waals surface area contributed by atoms with Crippen molar-refractivity contribution in [2.75, 3.05) is 5.32 Å². The Balaban J connectivity index is 1.44. The van der Waals surface area contributed by atoms with Gasteiger partial charge in [0, 0.05) is 17.3 Å². The van der Waals surface area contributed by atoms with Gasteiger partial charge >= 0.3 is 6.01 Å². The minimum absolute atomic E-state index is 0.156. The number of hydrogen-bond acceptors (Lipinski definition) is 5. The quantitative estimate of drug-likeness (QED) is 0.537. The lowest BCUT2D eigenvalue weighted by Crippen LogP contribution is -2.12. The monoisotopic (exact) mass is 371 g/mol. The number of amides is 1. The molecule has 0 saturated carbocycles. The summed E-state index contributed by atoms with van der Waals surface area (Å²) in [4.78, 5) is 20.5. The Morgan fingerprint density at radius 1 is 0.964 bits per heavy atom. The van der Waals surface area contributed by atoms with Crippen LogP contribution in [0.5, 0.6) is 5.75 Å². The molecule has 0 fully saturated rings. The zero-order valence-corrected chi connectivity index (χ0v) is 14.9. The van der Waals surface area contributed by atoms with Crippen LogP contribution in [-0.4, -0.2) is 15.9 Å². The maximum atomic E-state index is 12.3. The maximum Gasteiger partial charge on any atom is 0.301 e. The number of oxazole rings is 1. The van der Waals surface area contributed by atoms with Crippen molar-refractivity contribution in [2.45, 2.75) is 6.61 Å². The van der Waals surface area contributed by atoms with E-state index in [4.69, 9.17) is 9.15 Å². The molecule has 2 heterocycles. The van der Waals surface area contributed by atoms with E-state index in [9.17, 15) is 4.79 Å². The van der Waals surface area contributed by atoms with Crippen LogP contribution in [0.4, 0.5) is 6.01 Å². The van der Waals surface area contributed by atoms with E-state index in [0.717, 1.165) is 16.9 Å². The largest absolute Gasteiger partial charge is 0.489 e. The zero-order valence-electron chi connectivity index (χ0n) is 14.9. The molecule has 0 atom stereocenters. The van der Waals surface area contributed by atoms with Crippen molar-refractivity contribution in [2.24, 2.45) is 0 Å². The number of aromatic nitrogens is 2. The van der Waals surface area contributed by atoms with Crippen LogP contribution in [0.15, 0.2) is 89.8 Å². The minimum Gasteiger partial charge on any atom is -0.489 e. The lowest BCUT2D eigenvalue weighted by atomic mass is 10.1. The van der Waals surface area contributed by atoms with E-state index < -0.39 is 0 Å². The van der Waals surface area contributed by atoms with Crippen LogP contribution in [0.3, 0.4) is 0 Å². The summed E-state index contributed by atoms with van der Waals surface area (Å²) in [5, 5.41) is 2.59. The predicted octanol–water partition coefficient (Wildman–Crippen LogP) is 4.57. The van der Waals surface area contributed by atoms with E-state index in [1.165, 1.54) is 12.5 Å². The molecule has 2 aromatic carbocycles. The van der Waals surface area contributed by atoms with Crippen LogP contribution >= 0.6 is 0 Å². The minimum atomic E-state index is -0.311. The second-order valence-corrected chi connectivity index (χ2v) is 6.02. The van der Waals surface area contributed by atoms with Crippen LogP contribution in [-0.2, 0) is 6.61 Å². The Kier molecular flexibility index (Phi) is 5.11. The summed E-state index contributed by atoms with van der Waals surface area (Å²) in [6.07, 6.45) is 4.46. The van der Waals surface area contributed by atoms with Gasteiger partial charge in [-0.2, -0.15) is 0 Å². The molecule has 0 aliphatic rings. The summed E-state index contributed by atoms with van der Waals surface area (Å²) >= 11 is 0. The van der Waals surface area contributed by atoms with Gasteiger partial charge in [0.15, 0.2) is 0 Å². The first-order valence-electron chi connectivity index (χ1n) is 8.72. The third-order valence-electron chi connectivity index (χ3n) is 4.07. The fourth-order valence-corrected chi connectivity index (χ4v) is 2.65. The molecule has 1 amide bonds. The fourth-order valence-electron chi connectivity index (χ4n) is 2.65. The van der Waals surface area contributed by atoms with Gasteiger partial charge in [-0.05, 0) is 42.0 Å². The van der Waals surface area contributed by atoms with Gasteiger partial charge in [0.05, 0.1) is 11.9 Å². The lowest BCUT2D eigenvalue weighted by Gasteiger charge is -2.08. The van der Waals surface area contributed by atoms with Crippen molar-refractivity contribution >= 4 is 11.9 Å². The smallest absolute Gasteiger partial charge is 0.301 e. The molecular formula is C22H17N3O3. The second kappa shape index (κ2) is 8.18. The summed E-state index contributed by atoms with van der Waals surface area (Å²) in [5.74, 6) is 0.458. The number of carbonyl (C=O) groups excluding carboxylic acids is 1. The van der Waals surface area contributed by atoms with Gasteiger partial charge in [-0.25, -0.2) is 4.98 Å². The molecular weight excluding hydrogens is 354 g/mol. The first kappa shape index (κ1) is 17.5. The molecule has 2 aromatic heterocycles. The average Bonchev–Trinajstić information content (AvgIpc) is 3.26. The Labute approximate surface area is 161 Å². The summed E-state index contributed by atoms with van der Waals surface area (Å²) in [5.41, 5.74) is 3.15. The molecule has 4 rings (SSSR count). The molecule has 0 aliphatic heterocycles. The van der Waals surface area contributed by atoms with E-state index in [0.29, 0.717) is 17.9 Å². The maximum absolute atomic E-state index is 12.3. The molecule has 1 N–H and O–H groups in total. The SMILES string of the molecule is O=C(Nc1ncco1)c1ccnc(-c2ccc(OCc3ccccc3)cc2)c1. The number of benzene rings is 2. The van der Waals surface area contributed by atoms with Gasteiger partial charge in [-0.15, -0.1) is 0 Å². The number of carbonyl (C=O) groups is 1. The average molecular weight is 371 g/mol. The van der Waals surface area contributed by atoms with Crippen molar-refractivity contribution < 1.29 is 13.9 Å². The topological polar surface area (TPSA) is 77.3 Å². The Morgan fingerprint density at radius 2 is 1.79 bits per heavy atom. The molecule has 4 aromatic rings. The third kappa shape index (κ3) is 4.24. The first-order chi connectivity index (χ1) is 13.8. The Hall–Kier alpha value is -3.93. The fraction of sp³-hybridized carbons (Fsp3) is 0.0455. The number of rotatable bonds is 6. The van der Waals surface area contributed by atoms with Crippen LogP contribution in [0.25, 0.3) is 11.3 Å². The number of ether oxygens (including phenoxy) is 1. The summed E-state index contributed by atoms with van der Waals surface area (Å²) in [7, 11) is 0. The first-order valence-corrected chi connectivity index (χ1v) is 8.72. The van der Waals surface area contributed by atoms with Gasteiger partial charge < -0.3 is 9.15 Å². The number of pyridine rings is 1. The summed E-state index contributed by atoms with van der Waals surface area (Å²) in [6.45, 7) is 0.509. The van der Waals surface area contributed by atoms with Gasteiger partial charge in [-0.1, -0.05) is 30.3 Å². The standard InChI is InChI=1S/C22H17N3O3/c26-21(25-22-24-12-13-27-22)18-10-11-23-20(14-18)17-6-8-19(9-7-17)28-15-16-4-2-1-3-5-16/h1-14H,15H2,(H,24,25,26). The second-order valence-electron chi connectivity index (χ2n) is 6.02. The van der Waals surface area contributed by atoms with Gasteiger partial charge in [0.2, 0.25) is 0 Å². The van der Waals surface area contributed by atoms with Crippen molar-refractivity contribution in [3.63, 3.8) is 0 Å². The van der Waals surface area contributed by atoms with Crippen molar-refractivity contribution in [3.8, 4) is 17.0 Å². The van der Waals surface area contributed by atoms with E-state index >= 15 is 0 Å². The lowest BCUT2D eigenvalue weighted by molar-refractivity contribution is 0.102. The molecule has 138 valence electrons. The number of nitrogens with zero attached hydrogens (tertiary/aromatic N) is 2. The molecule has 6 heteroatoms. The molecule has 0 radical (unpaired) electrons. The molecule has 0 spiro atoms. The van der Waals surface area contributed by atoms with Crippen molar-refractivity contribution in [3.05, 3.63) is 96.5 Å². The van der Waals surface area contributed by atoms with Gasteiger partial charge in [-0.3, -0.25) is 15.1 Å². The molecule has 28 heavy (non-hydrogen) atoms. The molecule has 0 aliphatic carbocycles. The van der Waals surface area contributed by atoms with Crippen LogP contribution < -0.4 is 10.1 Å². The van der Waals surface area contributed by atoms with Gasteiger partial charge in [0.1, 0.15) is 18.6 Å². The molecule has 0 bridgehead atoms. The summed E-state index contributed by atoms with van der Waals surface area (Å²) in [6, 6.07) is 21.1. The van der Waals surface area contributed by atoms with E-state index in [1.54, 1.807) is 18.3 Å². The molecule has 0 unspecified atom stereocenters. The highest BCUT2D eigenvalue weighted by molar-refractivity contribution is 6.03. The van der Waals surface area contributed by atoms with E-state index in [-0.39, 0.29) is 11.9 Å². The highest BCUT2D eigenvalue weighted by Gasteiger charge is 2.10. The summed E-state index contributed by atoms with van der Waals surface area (Å²) < 4.78 is 10.8. The van der Waals surface area contributed by atoms with Crippen molar-refractivity contribution in [1.29, 1.82) is 0 Å². The Bertz CT molecular complexity index is 1050. The number of nitrogens with one attached hydrogen (secondary N) is 1. The number of hydrogen-bond donors (Lipinski definition) is 1. The zero-order chi connectivity index (χ0) is 19.2. The van der Waals surface area contributed by atoms with E-state index in [2.05, 4.69) is 15.3 Å². The number of anilines is 1. The predicted molar refractivity (Wildman–Crippen MR) is 105 cm³/mol. The molecule has 6 nitrogen and oxygen atoms in total. The Morgan fingerprint density at radius 3 is 2.54 bits per heavy atom. The van der Waals surface area contributed by atoms with E-state index in [1.807, 2.05) is 54.6 Å². The normalized spacial score (nSPS) is 10.4. The van der Waals surface area contributed by atoms with Crippen molar-refractivity contribution in [1.82, 2.24) is 9.97 Å².